The molecule has 0 radical (unpaired) electrons. The van der Waals surface area contributed by atoms with Gasteiger partial charge < -0.3 is 9.72 Å². The van der Waals surface area contributed by atoms with Gasteiger partial charge in [0.25, 0.3) is 11.8 Å². The molecular weight excluding hydrogens is 332 g/mol. The minimum absolute atomic E-state index is 0.225. The van der Waals surface area contributed by atoms with Gasteiger partial charge in [0.2, 0.25) is 5.91 Å². The Balaban J connectivity index is 1.41. The first-order chi connectivity index (χ1) is 12.5. The Labute approximate surface area is 149 Å². The van der Waals surface area contributed by atoms with E-state index in [9.17, 15) is 14.4 Å². The molecule has 0 unspecified atom stereocenters. The van der Waals surface area contributed by atoms with Crippen molar-refractivity contribution >= 4 is 23.4 Å². The van der Waals surface area contributed by atoms with Crippen LogP contribution in [0.1, 0.15) is 32.0 Å². The van der Waals surface area contributed by atoms with Gasteiger partial charge >= 0.3 is 0 Å². The average molecular weight is 348 g/mol. The molecular formula is C19H16N4O3. The maximum absolute atomic E-state index is 12.3. The molecule has 0 saturated heterocycles. The van der Waals surface area contributed by atoms with Crippen LogP contribution in [0.25, 0.3) is 5.65 Å². The predicted octanol–water partition coefficient (Wildman–Crippen LogP) is 1.56. The first-order valence-electron chi connectivity index (χ1n) is 8.19. The molecule has 0 bridgehead atoms. The molecule has 0 atom stereocenters. The quantitative estimate of drug-likeness (QED) is 0.725. The molecule has 0 spiro atoms. The van der Waals surface area contributed by atoms with E-state index in [0.717, 1.165) is 16.1 Å². The van der Waals surface area contributed by atoms with Gasteiger partial charge in [0.15, 0.2) is 0 Å². The number of imide groups is 1. The number of aromatic nitrogens is 2. The molecule has 1 N–H and O–H groups in total. The molecule has 0 aliphatic carbocycles. The van der Waals surface area contributed by atoms with Gasteiger partial charge in [0, 0.05) is 12.4 Å². The van der Waals surface area contributed by atoms with Crippen molar-refractivity contribution in [3.8, 4) is 0 Å². The monoisotopic (exact) mass is 348 g/mol. The molecule has 7 nitrogen and oxygen atoms in total. The van der Waals surface area contributed by atoms with Crippen LogP contribution in [0.5, 0.6) is 0 Å². The molecule has 26 heavy (non-hydrogen) atoms. The summed E-state index contributed by atoms with van der Waals surface area (Å²) >= 11 is 0. The van der Waals surface area contributed by atoms with Crippen LogP contribution < -0.4 is 5.32 Å². The Bertz CT molecular complexity index is 1020. The molecule has 3 heterocycles. The third-order valence-corrected chi connectivity index (χ3v) is 4.31. The van der Waals surface area contributed by atoms with Gasteiger partial charge in [-0.2, -0.15) is 0 Å². The summed E-state index contributed by atoms with van der Waals surface area (Å²) in [5.41, 5.74) is 3.27. The van der Waals surface area contributed by atoms with E-state index in [4.69, 9.17) is 0 Å². The highest BCUT2D eigenvalue weighted by Crippen LogP contribution is 2.21. The Morgan fingerprint density at radius 2 is 1.81 bits per heavy atom. The lowest BCUT2D eigenvalue weighted by molar-refractivity contribution is -0.121. The van der Waals surface area contributed by atoms with Crippen LogP contribution in [0.2, 0.25) is 0 Å². The topological polar surface area (TPSA) is 83.8 Å². The molecule has 1 aliphatic rings. The van der Waals surface area contributed by atoms with Gasteiger partial charge in [-0.05, 0) is 36.8 Å². The van der Waals surface area contributed by atoms with Crippen molar-refractivity contribution in [2.75, 3.05) is 6.54 Å². The van der Waals surface area contributed by atoms with Crippen molar-refractivity contribution < 1.29 is 14.4 Å². The van der Waals surface area contributed by atoms with Gasteiger partial charge in [-0.1, -0.05) is 12.1 Å². The Kier molecular flexibility index (Phi) is 3.76. The van der Waals surface area contributed by atoms with Gasteiger partial charge in [-0.3, -0.25) is 19.3 Å². The van der Waals surface area contributed by atoms with Crippen LogP contribution in [0.15, 0.2) is 48.8 Å². The van der Waals surface area contributed by atoms with E-state index in [1.807, 2.05) is 35.9 Å². The largest absolute Gasteiger partial charge is 0.349 e. The van der Waals surface area contributed by atoms with Crippen molar-refractivity contribution in [3.63, 3.8) is 0 Å². The average Bonchev–Trinajstić information content (AvgIpc) is 3.14. The van der Waals surface area contributed by atoms with Crippen molar-refractivity contribution in [2.24, 2.45) is 0 Å². The fraction of sp³-hybridized carbons (Fsp3) is 0.158. The van der Waals surface area contributed by atoms with E-state index in [1.165, 1.54) is 0 Å². The highest BCUT2D eigenvalue weighted by Gasteiger charge is 2.36. The highest BCUT2D eigenvalue weighted by molar-refractivity contribution is 6.22. The zero-order valence-electron chi connectivity index (χ0n) is 14.1. The van der Waals surface area contributed by atoms with Crippen LogP contribution in [-0.2, 0) is 11.3 Å². The molecule has 3 aromatic rings. The second-order valence-corrected chi connectivity index (χ2v) is 6.22. The highest BCUT2D eigenvalue weighted by atomic mass is 16.2. The number of imidazole rings is 1. The van der Waals surface area contributed by atoms with Crippen molar-refractivity contribution in [1.29, 1.82) is 0 Å². The van der Waals surface area contributed by atoms with E-state index in [-0.39, 0.29) is 13.1 Å². The number of carbonyl (C=O) groups excluding carboxylic acids is 3. The van der Waals surface area contributed by atoms with Crippen molar-refractivity contribution in [1.82, 2.24) is 19.6 Å². The lowest BCUT2D eigenvalue weighted by Crippen LogP contribution is -2.40. The summed E-state index contributed by atoms with van der Waals surface area (Å²) in [7, 11) is 0. The third kappa shape index (κ3) is 2.73. The van der Waals surface area contributed by atoms with Gasteiger partial charge in [-0.25, -0.2) is 4.98 Å². The van der Waals surface area contributed by atoms with Crippen LogP contribution >= 0.6 is 0 Å². The predicted molar refractivity (Wildman–Crippen MR) is 93.6 cm³/mol. The van der Waals surface area contributed by atoms with E-state index >= 15 is 0 Å². The minimum Gasteiger partial charge on any atom is -0.349 e. The third-order valence-electron chi connectivity index (χ3n) is 4.31. The maximum atomic E-state index is 12.3. The zero-order chi connectivity index (χ0) is 18.3. The van der Waals surface area contributed by atoms with E-state index < -0.39 is 17.7 Å². The summed E-state index contributed by atoms with van der Waals surface area (Å²) in [4.78, 5) is 42.1. The lowest BCUT2D eigenvalue weighted by atomic mass is 10.1. The number of nitrogens with one attached hydrogen (secondary N) is 1. The molecule has 0 saturated carbocycles. The number of fused-ring (bicyclic) bond motifs is 2. The van der Waals surface area contributed by atoms with Gasteiger partial charge in [0.1, 0.15) is 12.2 Å². The van der Waals surface area contributed by atoms with Crippen molar-refractivity contribution in [2.45, 2.75) is 13.5 Å². The van der Waals surface area contributed by atoms with Gasteiger partial charge in [-0.15, -0.1) is 0 Å². The maximum Gasteiger partial charge on any atom is 0.262 e. The number of rotatable bonds is 4. The summed E-state index contributed by atoms with van der Waals surface area (Å²) in [6.07, 6.45) is 3.73. The molecule has 1 aromatic carbocycles. The summed E-state index contributed by atoms with van der Waals surface area (Å²) in [5.74, 6) is -1.29. The molecule has 4 rings (SSSR count). The molecule has 7 heteroatoms. The molecule has 0 fully saturated rings. The number of aryl methyl sites for hydroxylation is 1. The number of benzene rings is 1. The number of hydrogen-bond donors (Lipinski definition) is 1. The number of carbonyl (C=O) groups is 3. The van der Waals surface area contributed by atoms with Crippen LogP contribution in [0.3, 0.4) is 0 Å². The molecule has 1 aliphatic heterocycles. The van der Waals surface area contributed by atoms with Crippen LogP contribution in [-0.4, -0.2) is 38.6 Å². The summed E-state index contributed by atoms with van der Waals surface area (Å²) < 4.78 is 1.87. The normalized spacial score (nSPS) is 13.3. The second kappa shape index (κ2) is 6.11. The lowest BCUT2D eigenvalue weighted by Gasteiger charge is -2.13. The smallest absolute Gasteiger partial charge is 0.262 e. The minimum atomic E-state index is -0.441. The van der Waals surface area contributed by atoms with Crippen LogP contribution in [0, 0.1) is 6.92 Å². The summed E-state index contributed by atoms with van der Waals surface area (Å²) in [6.45, 7) is 1.90. The Hall–Kier alpha value is -3.48. The molecule has 130 valence electrons. The fourth-order valence-electron chi connectivity index (χ4n) is 2.99. The number of hydrogen-bond acceptors (Lipinski definition) is 4. The number of pyridine rings is 1. The number of nitrogens with zero attached hydrogens (tertiary/aromatic N) is 3. The molecule has 2 aromatic heterocycles. The summed E-state index contributed by atoms with van der Waals surface area (Å²) in [5, 5.41) is 2.71. The van der Waals surface area contributed by atoms with Gasteiger partial charge in [0.05, 0.1) is 23.4 Å². The standard InChI is InChI=1S/C19H16N4O3/c1-12-6-7-22-10-13(21-16(22)8-12)9-20-17(24)11-23-18(25)14-4-2-3-5-15(14)19(23)26/h2-8,10H,9,11H2,1H3,(H,20,24). The van der Waals surface area contributed by atoms with E-state index in [1.54, 1.807) is 24.3 Å². The number of amides is 3. The van der Waals surface area contributed by atoms with Crippen molar-refractivity contribution in [3.05, 3.63) is 71.2 Å². The second-order valence-electron chi connectivity index (χ2n) is 6.22. The van der Waals surface area contributed by atoms with Crippen LogP contribution in [0.4, 0.5) is 0 Å². The first-order valence-corrected chi connectivity index (χ1v) is 8.19. The summed E-state index contributed by atoms with van der Waals surface area (Å²) in [6, 6.07) is 10.5. The zero-order valence-corrected chi connectivity index (χ0v) is 14.1. The fourth-order valence-corrected chi connectivity index (χ4v) is 2.99. The SMILES string of the molecule is Cc1ccn2cc(CNC(=O)CN3C(=O)c4ccccc4C3=O)nc2c1. The van der Waals surface area contributed by atoms with E-state index in [0.29, 0.717) is 16.8 Å². The first kappa shape index (κ1) is 16.0. The van der Waals surface area contributed by atoms with E-state index in [2.05, 4.69) is 10.3 Å². The Morgan fingerprint density at radius 1 is 1.12 bits per heavy atom. The Morgan fingerprint density at radius 3 is 2.50 bits per heavy atom. The molecule has 3 amide bonds.